The van der Waals surface area contributed by atoms with Crippen LogP contribution in [0.3, 0.4) is 0 Å². The molecule has 2 amide bonds. The number of rotatable bonds is 5. The van der Waals surface area contributed by atoms with Crippen molar-refractivity contribution in [3.05, 3.63) is 58.6 Å². The molecule has 2 aromatic rings. The molecule has 2 aromatic carbocycles. The Balaban J connectivity index is 1.70. The molecule has 6 heteroatoms. The van der Waals surface area contributed by atoms with E-state index in [4.69, 9.17) is 11.6 Å². The first-order valence-electron chi connectivity index (χ1n) is 8.62. The van der Waals surface area contributed by atoms with Crippen LogP contribution < -0.4 is 5.32 Å². The predicted octanol–water partition coefficient (Wildman–Crippen LogP) is 4.62. The molecule has 136 valence electrons. The number of likely N-dealkylation sites (tertiary alicyclic amines) is 1. The van der Waals surface area contributed by atoms with Gasteiger partial charge in [0.05, 0.1) is 11.3 Å². The highest BCUT2D eigenvalue weighted by Crippen LogP contribution is 2.26. The number of benzene rings is 2. The van der Waals surface area contributed by atoms with E-state index >= 15 is 0 Å². The highest BCUT2D eigenvalue weighted by Gasteiger charge is 2.19. The number of nitrogens with one attached hydrogen (secondary N) is 1. The van der Waals surface area contributed by atoms with Crippen molar-refractivity contribution in [1.82, 2.24) is 4.90 Å². The van der Waals surface area contributed by atoms with Crippen LogP contribution >= 0.6 is 23.4 Å². The van der Waals surface area contributed by atoms with E-state index in [1.165, 1.54) is 11.8 Å². The average Bonchev–Trinajstić information content (AvgIpc) is 3.18. The van der Waals surface area contributed by atoms with Gasteiger partial charge in [-0.05, 0) is 49.6 Å². The number of halogens is 1. The number of hydrogen-bond acceptors (Lipinski definition) is 3. The summed E-state index contributed by atoms with van der Waals surface area (Å²) in [6, 6.07) is 12.8. The number of carbonyl (C=O) groups excluding carboxylic acids is 2. The van der Waals surface area contributed by atoms with Crippen LogP contribution in [-0.4, -0.2) is 35.6 Å². The maximum atomic E-state index is 12.7. The van der Waals surface area contributed by atoms with Gasteiger partial charge in [0.1, 0.15) is 0 Å². The number of carbonyl (C=O) groups is 2. The molecular weight excluding hydrogens is 368 g/mol. The number of aryl methyl sites for hydroxylation is 1. The maximum absolute atomic E-state index is 12.7. The quantitative estimate of drug-likeness (QED) is 0.760. The van der Waals surface area contributed by atoms with E-state index in [0.29, 0.717) is 22.0 Å². The third kappa shape index (κ3) is 4.59. The molecule has 0 bridgehead atoms. The van der Waals surface area contributed by atoms with Crippen molar-refractivity contribution in [2.45, 2.75) is 24.7 Å². The number of hydrogen-bond donors (Lipinski definition) is 1. The first-order chi connectivity index (χ1) is 12.5. The molecule has 1 saturated heterocycles. The average molecular weight is 389 g/mol. The van der Waals surface area contributed by atoms with Crippen LogP contribution in [0.15, 0.2) is 47.4 Å². The van der Waals surface area contributed by atoms with E-state index in [-0.39, 0.29) is 11.8 Å². The number of anilines is 1. The van der Waals surface area contributed by atoms with Crippen LogP contribution in [0.25, 0.3) is 0 Å². The fraction of sp³-hybridized carbons (Fsp3) is 0.300. The van der Waals surface area contributed by atoms with Gasteiger partial charge in [0, 0.05) is 28.7 Å². The minimum absolute atomic E-state index is 0.133. The van der Waals surface area contributed by atoms with Crippen molar-refractivity contribution in [2.75, 3.05) is 24.2 Å². The first kappa shape index (κ1) is 18.8. The zero-order valence-electron chi connectivity index (χ0n) is 14.6. The van der Waals surface area contributed by atoms with Crippen LogP contribution in [0, 0.1) is 6.92 Å². The van der Waals surface area contributed by atoms with Crippen molar-refractivity contribution in [1.29, 1.82) is 0 Å². The third-order valence-electron chi connectivity index (χ3n) is 4.39. The Morgan fingerprint density at radius 1 is 1.15 bits per heavy atom. The van der Waals surface area contributed by atoms with Crippen LogP contribution in [-0.2, 0) is 4.79 Å². The van der Waals surface area contributed by atoms with Crippen molar-refractivity contribution >= 4 is 40.9 Å². The Bertz CT molecular complexity index is 819. The Morgan fingerprint density at radius 3 is 2.65 bits per heavy atom. The second kappa shape index (κ2) is 8.60. The van der Waals surface area contributed by atoms with E-state index in [0.717, 1.165) is 36.4 Å². The molecule has 1 N–H and O–H groups in total. The van der Waals surface area contributed by atoms with Gasteiger partial charge in [-0.3, -0.25) is 9.59 Å². The largest absolute Gasteiger partial charge is 0.342 e. The maximum Gasteiger partial charge on any atom is 0.256 e. The molecule has 0 atom stereocenters. The first-order valence-corrected chi connectivity index (χ1v) is 9.98. The Labute approximate surface area is 162 Å². The highest BCUT2D eigenvalue weighted by molar-refractivity contribution is 8.00. The molecule has 0 aromatic heterocycles. The van der Waals surface area contributed by atoms with Gasteiger partial charge in [-0.2, -0.15) is 0 Å². The van der Waals surface area contributed by atoms with E-state index < -0.39 is 0 Å². The lowest BCUT2D eigenvalue weighted by molar-refractivity contribution is -0.127. The zero-order valence-corrected chi connectivity index (χ0v) is 16.2. The SMILES string of the molecule is Cc1ccc(Cl)cc1NC(=O)c1ccccc1SCC(=O)N1CCCC1. The summed E-state index contributed by atoms with van der Waals surface area (Å²) in [5.41, 5.74) is 2.19. The van der Waals surface area contributed by atoms with Gasteiger partial charge in [-0.1, -0.05) is 29.8 Å². The monoisotopic (exact) mass is 388 g/mol. The molecule has 0 radical (unpaired) electrons. The molecule has 0 unspecified atom stereocenters. The van der Waals surface area contributed by atoms with Gasteiger partial charge >= 0.3 is 0 Å². The van der Waals surface area contributed by atoms with Gasteiger partial charge < -0.3 is 10.2 Å². The van der Waals surface area contributed by atoms with Gasteiger partial charge in [-0.25, -0.2) is 0 Å². The molecule has 0 spiro atoms. The molecule has 1 aliphatic heterocycles. The van der Waals surface area contributed by atoms with Crippen LogP contribution in [0.5, 0.6) is 0 Å². The van der Waals surface area contributed by atoms with Gasteiger partial charge in [0.2, 0.25) is 5.91 Å². The number of amides is 2. The standard InChI is InChI=1S/C20H21ClN2O2S/c1-14-8-9-15(21)12-17(14)22-20(25)16-6-2-3-7-18(16)26-13-19(24)23-10-4-5-11-23/h2-3,6-9,12H,4-5,10-11,13H2,1H3,(H,22,25). The van der Waals surface area contributed by atoms with Gasteiger partial charge in [0.25, 0.3) is 5.91 Å². The minimum atomic E-state index is -0.202. The van der Waals surface area contributed by atoms with Crippen LogP contribution in [0.1, 0.15) is 28.8 Å². The summed E-state index contributed by atoms with van der Waals surface area (Å²) in [7, 11) is 0. The molecule has 1 heterocycles. The molecule has 26 heavy (non-hydrogen) atoms. The van der Waals surface area contributed by atoms with E-state index in [9.17, 15) is 9.59 Å². The second-order valence-electron chi connectivity index (χ2n) is 6.29. The molecular formula is C20H21ClN2O2S. The zero-order chi connectivity index (χ0) is 18.5. The van der Waals surface area contributed by atoms with E-state index in [1.807, 2.05) is 36.1 Å². The lowest BCUT2D eigenvalue weighted by Crippen LogP contribution is -2.29. The summed E-state index contributed by atoms with van der Waals surface area (Å²) in [5, 5.41) is 3.49. The summed E-state index contributed by atoms with van der Waals surface area (Å²) >= 11 is 7.44. The Morgan fingerprint density at radius 2 is 1.88 bits per heavy atom. The Hall–Kier alpha value is -1.98. The molecule has 1 fully saturated rings. The van der Waals surface area contributed by atoms with Gasteiger partial charge in [0.15, 0.2) is 0 Å². The summed E-state index contributed by atoms with van der Waals surface area (Å²) in [4.78, 5) is 27.7. The fourth-order valence-electron chi connectivity index (χ4n) is 2.90. The lowest BCUT2D eigenvalue weighted by Gasteiger charge is -2.16. The fourth-order valence-corrected chi connectivity index (χ4v) is 4.02. The third-order valence-corrected chi connectivity index (χ3v) is 5.68. The highest BCUT2D eigenvalue weighted by atomic mass is 35.5. The van der Waals surface area contributed by atoms with Crippen molar-refractivity contribution < 1.29 is 9.59 Å². The molecule has 3 rings (SSSR count). The lowest BCUT2D eigenvalue weighted by atomic mass is 10.1. The summed E-state index contributed by atoms with van der Waals surface area (Å²) in [6.45, 7) is 3.60. The molecule has 4 nitrogen and oxygen atoms in total. The second-order valence-corrected chi connectivity index (χ2v) is 7.74. The molecule has 0 saturated carbocycles. The van der Waals surface area contributed by atoms with Crippen LogP contribution in [0.2, 0.25) is 5.02 Å². The van der Waals surface area contributed by atoms with E-state index in [2.05, 4.69) is 5.32 Å². The topological polar surface area (TPSA) is 49.4 Å². The minimum Gasteiger partial charge on any atom is -0.342 e. The number of thioether (sulfide) groups is 1. The summed E-state index contributed by atoms with van der Waals surface area (Å²) < 4.78 is 0. The number of nitrogens with zero attached hydrogens (tertiary/aromatic N) is 1. The normalized spacial score (nSPS) is 13.7. The van der Waals surface area contributed by atoms with Crippen molar-refractivity contribution in [3.63, 3.8) is 0 Å². The molecule has 1 aliphatic rings. The van der Waals surface area contributed by atoms with Crippen LogP contribution in [0.4, 0.5) is 5.69 Å². The molecule has 0 aliphatic carbocycles. The van der Waals surface area contributed by atoms with E-state index in [1.54, 1.807) is 18.2 Å². The summed E-state index contributed by atoms with van der Waals surface area (Å²) in [5.74, 6) is 0.279. The predicted molar refractivity (Wildman–Crippen MR) is 107 cm³/mol. The van der Waals surface area contributed by atoms with Crippen molar-refractivity contribution in [3.8, 4) is 0 Å². The smallest absolute Gasteiger partial charge is 0.256 e. The Kier molecular flexibility index (Phi) is 6.22. The summed E-state index contributed by atoms with van der Waals surface area (Å²) in [6.07, 6.45) is 2.16. The van der Waals surface area contributed by atoms with Crippen molar-refractivity contribution in [2.24, 2.45) is 0 Å². The van der Waals surface area contributed by atoms with Gasteiger partial charge in [-0.15, -0.1) is 11.8 Å².